The first-order valence-corrected chi connectivity index (χ1v) is 5.89. The molecular formula is C12H13ClN4O2. The van der Waals surface area contributed by atoms with Gasteiger partial charge in [-0.2, -0.15) is 0 Å². The van der Waals surface area contributed by atoms with Gasteiger partial charge in [0.05, 0.1) is 13.4 Å². The molecule has 0 atom stereocenters. The zero-order chi connectivity index (χ0) is 13.8. The second-order valence-electron chi connectivity index (χ2n) is 3.77. The number of nitrogens with two attached hydrogens (primary N) is 1. The fourth-order valence-electron chi connectivity index (χ4n) is 1.62. The van der Waals surface area contributed by atoms with Crippen molar-refractivity contribution in [3.63, 3.8) is 0 Å². The van der Waals surface area contributed by atoms with Crippen LogP contribution in [0, 0.1) is 0 Å². The molecule has 0 aliphatic carbocycles. The average molecular weight is 281 g/mol. The molecule has 0 amide bonds. The largest absolute Gasteiger partial charge is 0.496 e. The molecule has 2 aromatic rings. The third-order valence-corrected chi connectivity index (χ3v) is 2.97. The first-order valence-electron chi connectivity index (χ1n) is 5.52. The number of hydrogen-bond donors (Lipinski definition) is 3. The van der Waals surface area contributed by atoms with Crippen LogP contribution in [-0.4, -0.2) is 17.1 Å². The quantitative estimate of drug-likeness (QED) is 0.791. The molecule has 1 heterocycles. The van der Waals surface area contributed by atoms with E-state index in [0.29, 0.717) is 23.1 Å². The minimum Gasteiger partial charge on any atom is -0.496 e. The normalized spacial score (nSPS) is 10.2. The van der Waals surface area contributed by atoms with Crippen LogP contribution in [0.3, 0.4) is 0 Å². The van der Waals surface area contributed by atoms with Crippen LogP contribution in [-0.2, 0) is 6.54 Å². The number of benzene rings is 1. The topological polar surface area (TPSA) is 93.0 Å². The Labute approximate surface area is 114 Å². The predicted molar refractivity (Wildman–Crippen MR) is 74.6 cm³/mol. The second kappa shape index (κ2) is 5.62. The van der Waals surface area contributed by atoms with Gasteiger partial charge < -0.3 is 20.8 Å². The summed E-state index contributed by atoms with van der Waals surface area (Å²) in [5, 5.41) is 3.53. The van der Waals surface area contributed by atoms with Crippen LogP contribution in [0.15, 0.2) is 29.3 Å². The maximum atomic E-state index is 11.3. The summed E-state index contributed by atoms with van der Waals surface area (Å²) in [6, 6.07) is 5.36. The molecule has 0 saturated heterocycles. The molecule has 6 nitrogen and oxygen atoms in total. The highest BCUT2D eigenvalue weighted by Crippen LogP contribution is 2.27. The molecule has 2 rings (SSSR count). The van der Waals surface area contributed by atoms with Gasteiger partial charge in [-0.3, -0.25) is 4.79 Å². The Morgan fingerprint density at radius 2 is 2.32 bits per heavy atom. The number of nitrogen functional groups attached to an aromatic ring is 1. The van der Waals surface area contributed by atoms with E-state index < -0.39 is 0 Å². The number of hydrogen-bond acceptors (Lipinski definition) is 5. The number of H-pyrrole nitrogens is 1. The number of aromatic amines is 1. The predicted octanol–water partition coefficient (Wildman–Crippen LogP) is 1.63. The summed E-state index contributed by atoms with van der Waals surface area (Å²) >= 11 is 6.11. The van der Waals surface area contributed by atoms with Gasteiger partial charge in [-0.05, 0) is 12.1 Å². The Hall–Kier alpha value is -2.21. The zero-order valence-electron chi connectivity index (χ0n) is 10.2. The molecule has 0 unspecified atom stereocenters. The van der Waals surface area contributed by atoms with Crippen molar-refractivity contribution >= 4 is 23.1 Å². The maximum Gasteiger partial charge on any atom is 0.276 e. The highest BCUT2D eigenvalue weighted by Gasteiger charge is 2.09. The fourth-order valence-corrected chi connectivity index (χ4v) is 1.86. The molecule has 1 aromatic carbocycles. The van der Waals surface area contributed by atoms with Crippen LogP contribution < -0.4 is 21.3 Å². The molecule has 0 spiro atoms. The number of rotatable bonds is 4. The Morgan fingerprint density at radius 1 is 1.53 bits per heavy atom. The van der Waals surface area contributed by atoms with Gasteiger partial charge in [-0.1, -0.05) is 17.7 Å². The standard InChI is InChI=1S/C12H13ClN4O2/c1-19-9-4-2-3-8(13)7(9)5-15-11-10(14)12(18)17-6-16-11/h2-4,6H,5,14H2,1H3,(H2,15,16,17,18). The Balaban J connectivity index is 2.24. The number of methoxy groups -OCH3 is 1. The summed E-state index contributed by atoms with van der Waals surface area (Å²) in [4.78, 5) is 17.7. The van der Waals surface area contributed by atoms with E-state index in [1.807, 2.05) is 0 Å². The van der Waals surface area contributed by atoms with Gasteiger partial charge in [0.15, 0.2) is 5.82 Å². The molecule has 0 bridgehead atoms. The summed E-state index contributed by atoms with van der Waals surface area (Å²) < 4.78 is 5.22. The van der Waals surface area contributed by atoms with Crippen LogP contribution in [0.5, 0.6) is 5.75 Å². The summed E-state index contributed by atoms with van der Waals surface area (Å²) in [6.07, 6.45) is 1.28. The molecule has 0 fully saturated rings. The molecule has 1 aromatic heterocycles. The minimum atomic E-state index is -0.386. The molecule has 4 N–H and O–H groups in total. The van der Waals surface area contributed by atoms with Crippen molar-refractivity contribution in [3.05, 3.63) is 45.5 Å². The van der Waals surface area contributed by atoms with Crippen LogP contribution in [0.1, 0.15) is 5.56 Å². The SMILES string of the molecule is COc1cccc(Cl)c1CNc1nc[nH]c(=O)c1N. The molecule has 19 heavy (non-hydrogen) atoms. The van der Waals surface area contributed by atoms with Crippen LogP contribution in [0.25, 0.3) is 0 Å². The molecule has 0 aliphatic heterocycles. The van der Waals surface area contributed by atoms with Crippen molar-refractivity contribution < 1.29 is 4.74 Å². The van der Waals surface area contributed by atoms with E-state index >= 15 is 0 Å². The van der Waals surface area contributed by atoms with Crippen molar-refractivity contribution in [2.45, 2.75) is 6.54 Å². The van der Waals surface area contributed by atoms with Gasteiger partial charge in [0.25, 0.3) is 5.56 Å². The smallest absolute Gasteiger partial charge is 0.276 e. The van der Waals surface area contributed by atoms with Crippen molar-refractivity contribution in [1.29, 1.82) is 0 Å². The summed E-state index contributed by atoms with van der Waals surface area (Å²) in [5.41, 5.74) is 6.04. The first kappa shape index (κ1) is 13.2. The maximum absolute atomic E-state index is 11.3. The molecule has 0 saturated carbocycles. The highest BCUT2D eigenvalue weighted by molar-refractivity contribution is 6.31. The van der Waals surface area contributed by atoms with E-state index in [9.17, 15) is 4.79 Å². The molecule has 100 valence electrons. The van der Waals surface area contributed by atoms with E-state index in [1.54, 1.807) is 25.3 Å². The van der Waals surface area contributed by atoms with Gasteiger partial charge in [0.1, 0.15) is 11.4 Å². The van der Waals surface area contributed by atoms with Crippen LogP contribution >= 0.6 is 11.6 Å². The molecule has 7 heteroatoms. The number of halogens is 1. The Morgan fingerprint density at radius 3 is 3.05 bits per heavy atom. The summed E-state index contributed by atoms with van der Waals surface area (Å²) in [6.45, 7) is 0.351. The van der Waals surface area contributed by atoms with Crippen molar-refractivity contribution in [1.82, 2.24) is 9.97 Å². The van der Waals surface area contributed by atoms with E-state index in [0.717, 1.165) is 5.56 Å². The van der Waals surface area contributed by atoms with E-state index in [2.05, 4.69) is 15.3 Å². The third kappa shape index (κ3) is 2.79. The molecule has 0 radical (unpaired) electrons. The van der Waals surface area contributed by atoms with Crippen LogP contribution in [0.4, 0.5) is 11.5 Å². The lowest BCUT2D eigenvalue weighted by Crippen LogP contribution is -2.16. The van der Waals surface area contributed by atoms with Crippen molar-refractivity contribution in [2.24, 2.45) is 0 Å². The third-order valence-electron chi connectivity index (χ3n) is 2.62. The number of ether oxygens (including phenoxy) is 1. The summed E-state index contributed by atoms with van der Waals surface area (Å²) in [7, 11) is 1.56. The zero-order valence-corrected chi connectivity index (χ0v) is 11.0. The Bertz CT molecular complexity index is 642. The summed E-state index contributed by atoms with van der Waals surface area (Å²) in [5.74, 6) is 0.967. The van der Waals surface area contributed by atoms with Gasteiger partial charge in [-0.25, -0.2) is 4.98 Å². The van der Waals surface area contributed by atoms with E-state index in [1.165, 1.54) is 6.33 Å². The van der Waals surface area contributed by atoms with Gasteiger partial charge in [0, 0.05) is 17.1 Å². The first-order chi connectivity index (χ1) is 9.13. The number of anilines is 2. The van der Waals surface area contributed by atoms with Gasteiger partial charge in [0.2, 0.25) is 0 Å². The lowest BCUT2D eigenvalue weighted by molar-refractivity contribution is 0.410. The molecular weight excluding hydrogens is 268 g/mol. The van der Waals surface area contributed by atoms with Gasteiger partial charge in [-0.15, -0.1) is 0 Å². The van der Waals surface area contributed by atoms with E-state index in [4.69, 9.17) is 22.1 Å². The van der Waals surface area contributed by atoms with Crippen molar-refractivity contribution in [3.8, 4) is 5.75 Å². The molecule has 0 aliphatic rings. The monoisotopic (exact) mass is 280 g/mol. The second-order valence-corrected chi connectivity index (χ2v) is 4.18. The fraction of sp³-hybridized carbons (Fsp3) is 0.167. The Kier molecular flexibility index (Phi) is 3.91. The number of aromatic nitrogens is 2. The van der Waals surface area contributed by atoms with Gasteiger partial charge >= 0.3 is 0 Å². The van der Waals surface area contributed by atoms with E-state index in [-0.39, 0.29) is 11.2 Å². The highest BCUT2D eigenvalue weighted by atomic mass is 35.5. The van der Waals surface area contributed by atoms with Crippen molar-refractivity contribution in [2.75, 3.05) is 18.2 Å². The van der Waals surface area contributed by atoms with Crippen LogP contribution in [0.2, 0.25) is 5.02 Å². The lowest BCUT2D eigenvalue weighted by Gasteiger charge is -2.12. The number of nitrogens with zero attached hydrogens (tertiary/aromatic N) is 1. The number of nitrogens with one attached hydrogen (secondary N) is 2. The average Bonchev–Trinajstić information content (AvgIpc) is 2.41. The lowest BCUT2D eigenvalue weighted by atomic mass is 10.2. The minimum absolute atomic E-state index is 0.0357.